The zero-order valence-electron chi connectivity index (χ0n) is 18.3. The molecule has 0 aromatic carbocycles. The van der Waals surface area contributed by atoms with Crippen molar-refractivity contribution in [3.8, 4) is 0 Å². The molecule has 164 valence electrons. The van der Waals surface area contributed by atoms with Crippen molar-refractivity contribution in [2.45, 2.75) is 93.9 Å². The van der Waals surface area contributed by atoms with Gasteiger partial charge in [0.25, 0.3) is 0 Å². The maximum atomic E-state index is 6.19. The lowest BCUT2D eigenvalue weighted by molar-refractivity contribution is -0.0407. The molecule has 2 spiro atoms. The quantitative estimate of drug-likeness (QED) is 0.673. The molecule has 8 unspecified atom stereocenters. The van der Waals surface area contributed by atoms with Gasteiger partial charge in [0, 0.05) is 29.2 Å². The second-order valence-electron chi connectivity index (χ2n) is 11.6. The Morgan fingerprint density at radius 3 is 2.59 bits per heavy atom. The summed E-state index contributed by atoms with van der Waals surface area (Å²) >= 11 is 0. The Balaban J connectivity index is 1.03. The molecule has 3 saturated heterocycles. The lowest BCUT2D eigenvalue weighted by Gasteiger charge is -2.48. The predicted molar refractivity (Wildman–Crippen MR) is 114 cm³/mol. The first-order valence-electron chi connectivity index (χ1n) is 12.6. The molecule has 5 nitrogen and oxygen atoms in total. The molecule has 6 rings (SSSR count). The lowest BCUT2D eigenvalue weighted by atomic mass is 9.76. The number of rotatable bonds is 4. The summed E-state index contributed by atoms with van der Waals surface area (Å²) in [6.07, 6.45) is 12.0. The molecule has 0 aromatic heterocycles. The summed E-state index contributed by atoms with van der Waals surface area (Å²) in [7, 11) is 0. The van der Waals surface area contributed by atoms with Crippen LogP contribution in [0.25, 0.3) is 0 Å². The molecule has 29 heavy (non-hydrogen) atoms. The Morgan fingerprint density at radius 2 is 1.76 bits per heavy atom. The molecule has 3 aliphatic heterocycles. The highest BCUT2D eigenvalue weighted by atomic mass is 16.5. The molecule has 0 bridgehead atoms. The van der Waals surface area contributed by atoms with Crippen LogP contribution in [0.4, 0.5) is 0 Å². The van der Waals surface area contributed by atoms with Crippen molar-refractivity contribution in [2.75, 3.05) is 33.0 Å². The molecule has 0 amide bonds. The summed E-state index contributed by atoms with van der Waals surface area (Å²) in [6.45, 7) is 7.35. The van der Waals surface area contributed by atoms with E-state index in [4.69, 9.17) is 9.47 Å². The van der Waals surface area contributed by atoms with Crippen LogP contribution in [-0.4, -0.2) is 62.2 Å². The first-order valence-corrected chi connectivity index (χ1v) is 12.6. The molecule has 3 saturated carbocycles. The summed E-state index contributed by atoms with van der Waals surface area (Å²) in [6, 6.07) is 1.85. The van der Waals surface area contributed by atoms with Gasteiger partial charge in [0.1, 0.15) is 0 Å². The third kappa shape index (κ3) is 3.59. The first kappa shape index (κ1) is 19.5. The van der Waals surface area contributed by atoms with E-state index >= 15 is 0 Å². The van der Waals surface area contributed by atoms with Crippen molar-refractivity contribution in [1.29, 1.82) is 0 Å². The van der Waals surface area contributed by atoms with Gasteiger partial charge in [0.2, 0.25) is 0 Å². The second kappa shape index (κ2) is 7.44. The van der Waals surface area contributed by atoms with Crippen LogP contribution < -0.4 is 16.0 Å². The van der Waals surface area contributed by atoms with Crippen LogP contribution in [0.3, 0.4) is 0 Å². The van der Waals surface area contributed by atoms with Gasteiger partial charge in [-0.25, -0.2) is 0 Å². The van der Waals surface area contributed by atoms with E-state index in [9.17, 15) is 0 Å². The Hall–Kier alpha value is -0.200. The Morgan fingerprint density at radius 1 is 0.931 bits per heavy atom. The van der Waals surface area contributed by atoms with Crippen LogP contribution in [0.1, 0.15) is 64.7 Å². The number of fused-ring (bicyclic) bond motifs is 1. The van der Waals surface area contributed by atoms with Gasteiger partial charge in [0.05, 0.1) is 26.4 Å². The summed E-state index contributed by atoms with van der Waals surface area (Å²) in [4.78, 5) is 0. The molecular formula is C24H41N3O2. The minimum atomic E-state index is 0.264. The minimum Gasteiger partial charge on any atom is -0.378 e. The average Bonchev–Trinajstić information content (AvgIpc) is 3.15. The van der Waals surface area contributed by atoms with Crippen molar-refractivity contribution in [3.63, 3.8) is 0 Å². The van der Waals surface area contributed by atoms with Crippen molar-refractivity contribution < 1.29 is 9.47 Å². The van der Waals surface area contributed by atoms with Crippen LogP contribution in [-0.2, 0) is 9.47 Å². The summed E-state index contributed by atoms with van der Waals surface area (Å²) in [5.74, 6) is 3.41. The largest absolute Gasteiger partial charge is 0.378 e. The number of hydrogen-bond donors (Lipinski definition) is 3. The van der Waals surface area contributed by atoms with Gasteiger partial charge in [-0.15, -0.1) is 0 Å². The van der Waals surface area contributed by atoms with Gasteiger partial charge in [-0.1, -0.05) is 6.92 Å². The van der Waals surface area contributed by atoms with E-state index in [0.717, 1.165) is 56.1 Å². The summed E-state index contributed by atoms with van der Waals surface area (Å²) < 4.78 is 12.2. The topological polar surface area (TPSA) is 54.5 Å². The van der Waals surface area contributed by atoms with E-state index in [1.165, 1.54) is 64.3 Å². The highest BCUT2D eigenvalue weighted by Gasteiger charge is 2.58. The third-order valence-electron chi connectivity index (χ3n) is 9.63. The number of ether oxygens (including phenoxy) is 2. The fourth-order valence-electron chi connectivity index (χ4n) is 7.71. The summed E-state index contributed by atoms with van der Waals surface area (Å²) in [5, 5.41) is 11.9. The molecule has 0 radical (unpaired) electrons. The maximum Gasteiger partial charge on any atom is 0.0652 e. The van der Waals surface area contributed by atoms with Gasteiger partial charge in [-0.3, -0.25) is 0 Å². The Bertz CT molecular complexity index is 611. The van der Waals surface area contributed by atoms with Crippen molar-refractivity contribution in [2.24, 2.45) is 23.7 Å². The third-order valence-corrected chi connectivity index (χ3v) is 9.63. The van der Waals surface area contributed by atoms with E-state index in [1.54, 1.807) is 0 Å². The van der Waals surface area contributed by atoms with Gasteiger partial charge in [-0.05, 0) is 88.0 Å². The molecule has 3 aliphatic carbocycles. The second-order valence-corrected chi connectivity index (χ2v) is 11.6. The fraction of sp³-hybridized carbons (Fsp3) is 1.00. The highest BCUT2D eigenvalue weighted by Crippen LogP contribution is 2.50. The van der Waals surface area contributed by atoms with Crippen LogP contribution >= 0.6 is 0 Å². The Kier molecular flexibility index (Phi) is 5.00. The van der Waals surface area contributed by atoms with Crippen molar-refractivity contribution in [1.82, 2.24) is 16.0 Å². The highest BCUT2D eigenvalue weighted by molar-refractivity contribution is 5.15. The smallest absolute Gasteiger partial charge is 0.0652 e. The molecule has 8 atom stereocenters. The van der Waals surface area contributed by atoms with Crippen LogP contribution in [0.2, 0.25) is 0 Å². The molecule has 6 fully saturated rings. The molecular weight excluding hydrogens is 362 g/mol. The molecule has 0 aromatic rings. The predicted octanol–water partition coefficient (Wildman–Crippen LogP) is 2.45. The van der Waals surface area contributed by atoms with E-state index in [2.05, 4.69) is 22.9 Å². The van der Waals surface area contributed by atoms with E-state index in [1.807, 2.05) is 0 Å². The molecule has 3 heterocycles. The standard InChI is InChI=1S/C24H41N3O2/c1-16-5-8-25-22-17(3-4-21(16)22)9-19-12-29-15-24(27-19)11-18(24)10-20-13-28-14-23(26-20)6-2-7-23/h16-22,25-27H,2-15H2,1H3. The SMILES string of the molecule is CC1CCNC2C(CC3COCC4(CC4CC4COCC5(CCC5)N4)N3)CCC12. The zero-order valence-corrected chi connectivity index (χ0v) is 18.3. The van der Waals surface area contributed by atoms with Crippen molar-refractivity contribution in [3.05, 3.63) is 0 Å². The van der Waals surface area contributed by atoms with Gasteiger partial charge >= 0.3 is 0 Å². The number of hydrogen-bond acceptors (Lipinski definition) is 5. The molecule has 3 N–H and O–H groups in total. The normalized spacial score (nSPS) is 51.0. The minimum absolute atomic E-state index is 0.264. The lowest BCUT2D eigenvalue weighted by Crippen LogP contribution is -2.63. The Labute approximate surface area is 176 Å². The number of piperidine rings is 1. The monoisotopic (exact) mass is 403 g/mol. The van der Waals surface area contributed by atoms with Crippen molar-refractivity contribution >= 4 is 0 Å². The van der Waals surface area contributed by atoms with E-state index in [0.29, 0.717) is 17.6 Å². The first-order chi connectivity index (χ1) is 14.1. The van der Waals surface area contributed by atoms with Crippen LogP contribution in [0.15, 0.2) is 0 Å². The zero-order chi connectivity index (χ0) is 19.5. The average molecular weight is 404 g/mol. The maximum absolute atomic E-state index is 6.19. The fourth-order valence-corrected chi connectivity index (χ4v) is 7.71. The number of nitrogens with one attached hydrogen (secondary N) is 3. The van der Waals surface area contributed by atoms with E-state index in [-0.39, 0.29) is 5.54 Å². The van der Waals surface area contributed by atoms with Gasteiger partial charge in [0.15, 0.2) is 0 Å². The van der Waals surface area contributed by atoms with E-state index < -0.39 is 0 Å². The molecule has 6 aliphatic rings. The summed E-state index contributed by atoms with van der Waals surface area (Å²) in [5.41, 5.74) is 0.591. The number of morpholine rings is 2. The van der Waals surface area contributed by atoms with Crippen LogP contribution in [0.5, 0.6) is 0 Å². The van der Waals surface area contributed by atoms with Gasteiger partial charge in [-0.2, -0.15) is 0 Å². The molecule has 5 heteroatoms. The van der Waals surface area contributed by atoms with Gasteiger partial charge < -0.3 is 25.4 Å². The van der Waals surface area contributed by atoms with Crippen LogP contribution in [0, 0.1) is 23.7 Å².